The minimum atomic E-state index is -0.535. The number of aliphatic hydroxyl groups is 1. The van der Waals surface area contributed by atoms with Gasteiger partial charge in [0, 0.05) is 25.9 Å². The van der Waals surface area contributed by atoms with E-state index in [1.54, 1.807) is 0 Å². The van der Waals surface area contributed by atoms with E-state index >= 15 is 0 Å². The summed E-state index contributed by atoms with van der Waals surface area (Å²) < 4.78 is 0. The molecule has 3 amide bonds. The fourth-order valence-corrected chi connectivity index (χ4v) is 3.91. The van der Waals surface area contributed by atoms with Crippen LogP contribution in [0, 0.1) is 11.3 Å². The van der Waals surface area contributed by atoms with E-state index in [1.807, 2.05) is 0 Å². The van der Waals surface area contributed by atoms with E-state index in [2.05, 4.69) is 50.6 Å². The van der Waals surface area contributed by atoms with Crippen LogP contribution in [-0.4, -0.2) is 48.6 Å². The third-order valence-electron chi connectivity index (χ3n) is 6.07. The first-order valence-electron chi connectivity index (χ1n) is 14.0. The third kappa shape index (κ3) is 22.6. The van der Waals surface area contributed by atoms with Crippen molar-refractivity contribution in [3.63, 3.8) is 0 Å². The summed E-state index contributed by atoms with van der Waals surface area (Å²) in [7, 11) is 0. The van der Waals surface area contributed by atoms with E-state index in [1.165, 1.54) is 25.7 Å². The van der Waals surface area contributed by atoms with Gasteiger partial charge in [-0.1, -0.05) is 73.1 Å². The molecule has 0 radical (unpaired) electrons. The zero-order valence-corrected chi connectivity index (χ0v) is 23.3. The quantitative estimate of drug-likeness (QED) is 0.170. The molecule has 0 aliphatic heterocycles. The van der Waals surface area contributed by atoms with Gasteiger partial charge in [-0.2, -0.15) is 0 Å². The first-order valence-corrected chi connectivity index (χ1v) is 14.0. The minimum Gasteiger partial charge on any atom is -0.396 e. The van der Waals surface area contributed by atoms with Crippen LogP contribution in [0.2, 0.25) is 0 Å². The van der Waals surface area contributed by atoms with Crippen molar-refractivity contribution in [2.75, 3.05) is 19.7 Å². The molecule has 0 aromatic rings. The molecular weight excluding hydrogens is 442 g/mol. The number of hydrogen-bond donors (Lipinski definition) is 4. The van der Waals surface area contributed by atoms with Gasteiger partial charge >= 0.3 is 0 Å². The standard InChI is InChI=1S/C28H55N3O4/c1-23(2)15-9-8-10-17-26(34)31-24(16-11-14-20-29-25(33)18-22-32)27(35)30-21-13-7-6-12-19-28(3,4)5/h23-24,32H,6-22H2,1-5H3,(H,29,33)(H,30,35)(H,31,34)/t24-/m0/s1. The number of carbonyl (C=O) groups is 3. The maximum Gasteiger partial charge on any atom is 0.242 e. The molecule has 0 aliphatic rings. The average Bonchev–Trinajstić information content (AvgIpc) is 2.76. The van der Waals surface area contributed by atoms with Gasteiger partial charge in [-0.05, 0) is 49.9 Å². The number of nitrogens with one attached hydrogen (secondary N) is 3. The fourth-order valence-electron chi connectivity index (χ4n) is 3.91. The summed E-state index contributed by atoms with van der Waals surface area (Å²) in [5.74, 6) is 0.337. The molecule has 0 saturated heterocycles. The highest BCUT2D eigenvalue weighted by atomic mass is 16.3. The van der Waals surface area contributed by atoms with Gasteiger partial charge in [0.15, 0.2) is 0 Å². The number of aliphatic hydroxyl groups excluding tert-OH is 1. The van der Waals surface area contributed by atoms with Crippen molar-refractivity contribution in [1.82, 2.24) is 16.0 Å². The van der Waals surface area contributed by atoms with E-state index < -0.39 is 6.04 Å². The minimum absolute atomic E-state index is 0.0619. The molecule has 0 aromatic heterocycles. The summed E-state index contributed by atoms with van der Waals surface area (Å²) in [6.45, 7) is 12.2. The van der Waals surface area contributed by atoms with E-state index in [4.69, 9.17) is 5.11 Å². The molecule has 0 aliphatic carbocycles. The summed E-state index contributed by atoms with van der Waals surface area (Å²) in [6, 6.07) is -0.535. The highest BCUT2D eigenvalue weighted by Gasteiger charge is 2.20. The van der Waals surface area contributed by atoms with Crippen LogP contribution >= 0.6 is 0 Å². The van der Waals surface area contributed by atoms with Gasteiger partial charge in [0.25, 0.3) is 0 Å². The summed E-state index contributed by atoms with van der Waals surface area (Å²) in [6.07, 6.45) is 12.4. The monoisotopic (exact) mass is 497 g/mol. The number of rotatable bonds is 21. The molecule has 0 heterocycles. The Morgan fingerprint density at radius 1 is 0.714 bits per heavy atom. The maximum absolute atomic E-state index is 12.8. The van der Waals surface area contributed by atoms with Crippen molar-refractivity contribution in [1.29, 1.82) is 0 Å². The Morgan fingerprint density at radius 2 is 1.31 bits per heavy atom. The number of unbranched alkanes of at least 4 members (excludes halogenated alkanes) is 6. The molecule has 0 bridgehead atoms. The highest BCUT2D eigenvalue weighted by molar-refractivity contribution is 5.87. The summed E-state index contributed by atoms with van der Waals surface area (Å²) in [4.78, 5) is 36.7. The van der Waals surface area contributed by atoms with Crippen LogP contribution in [0.25, 0.3) is 0 Å². The van der Waals surface area contributed by atoms with Crippen LogP contribution in [0.4, 0.5) is 0 Å². The van der Waals surface area contributed by atoms with E-state index in [9.17, 15) is 14.4 Å². The summed E-state index contributed by atoms with van der Waals surface area (Å²) in [5, 5.41) is 17.5. The SMILES string of the molecule is CC(C)CCCCCC(=O)N[C@@H](CCCCNC(=O)CCO)C(=O)NCCCCCCC(C)(C)C. The largest absolute Gasteiger partial charge is 0.396 e. The molecule has 35 heavy (non-hydrogen) atoms. The number of hydrogen-bond acceptors (Lipinski definition) is 4. The Kier molecular flexibility index (Phi) is 19.6. The van der Waals surface area contributed by atoms with Gasteiger partial charge in [0.2, 0.25) is 17.7 Å². The molecule has 0 saturated carbocycles. The lowest BCUT2D eigenvalue weighted by atomic mass is 9.89. The number of amides is 3. The fraction of sp³-hybridized carbons (Fsp3) is 0.893. The molecule has 206 valence electrons. The normalized spacial score (nSPS) is 12.4. The summed E-state index contributed by atoms with van der Waals surface area (Å²) >= 11 is 0. The topological polar surface area (TPSA) is 108 Å². The van der Waals surface area contributed by atoms with Gasteiger partial charge < -0.3 is 21.1 Å². The Morgan fingerprint density at radius 3 is 1.97 bits per heavy atom. The van der Waals surface area contributed by atoms with Crippen molar-refractivity contribution in [3.8, 4) is 0 Å². The van der Waals surface area contributed by atoms with Crippen molar-refractivity contribution >= 4 is 17.7 Å². The molecule has 0 spiro atoms. The van der Waals surface area contributed by atoms with Crippen LogP contribution in [0.5, 0.6) is 0 Å². The third-order valence-corrected chi connectivity index (χ3v) is 6.07. The Bertz CT molecular complexity index is 573. The zero-order valence-electron chi connectivity index (χ0n) is 23.3. The predicted molar refractivity (Wildman–Crippen MR) is 144 cm³/mol. The Hall–Kier alpha value is -1.63. The molecular formula is C28H55N3O4. The smallest absolute Gasteiger partial charge is 0.242 e. The predicted octanol–water partition coefficient (Wildman–Crippen LogP) is 4.86. The first-order chi connectivity index (χ1) is 16.5. The summed E-state index contributed by atoms with van der Waals surface area (Å²) in [5.41, 5.74) is 0.371. The van der Waals surface area contributed by atoms with Crippen molar-refractivity contribution < 1.29 is 19.5 Å². The van der Waals surface area contributed by atoms with Gasteiger partial charge in [0.05, 0.1) is 6.61 Å². The molecule has 7 heteroatoms. The van der Waals surface area contributed by atoms with Gasteiger partial charge in [-0.25, -0.2) is 0 Å². The van der Waals surface area contributed by atoms with Crippen LogP contribution in [0.3, 0.4) is 0 Å². The lowest BCUT2D eigenvalue weighted by molar-refractivity contribution is -0.129. The Labute approximate surface area is 215 Å². The highest BCUT2D eigenvalue weighted by Crippen LogP contribution is 2.22. The van der Waals surface area contributed by atoms with Crippen LogP contribution in [-0.2, 0) is 14.4 Å². The van der Waals surface area contributed by atoms with Crippen molar-refractivity contribution in [3.05, 3.63) is 0 Å². The average molecular weight is 498 g/mol. The molecule has 0 unspecified atom stereocenters. The van der Waals surface area contributed by atoms with Gasteiger partial charge in [0.1, 0.15) is 6.04 Å². The van der Waals surface area contributed by atoms with Crippen molar-refractivity contribution in [2.45, 2.75) is 131 Å². The maximum atomic E-state index is 12.8. The first kappa shape index (κ1) is 33.4. The van der Waals surface area contributed by atoms with Crippen LogP contribution < -0.4 is 16.0 Å². The second-order valence-electron chi connectivity index (χ2n) is 11.4. The number of carbonyl (C=O) groups excluding carboxylic acids is 3. The van der Waals surface area contributed by atoms with E-state index in [0.29, 0.717) is 37.3 Å². The van der Waals surface area contributed by atoms with Crippen LogP contribution in [0.15, 0.2) is 0 Å². The molecule has 0 rings (SSSR count). The Balaban J connectivity index is 4.40. The van der Waals surface area contributed by atoms with Crippen LogP contribution in [0.1, 0.15) is 125 Å². The molecule has 1 atom stereocenters. The van der Waals surface area contributed by atoms with Crippen molar-refractivity contribution in [2.24, 2.45) is 11.3 Å². The molecule has 0 aromatic carbocycles. The lowest BCUT2D eigenvalue weighted by Crippen LogP contribution is -2.47. The molecule has 0 fully saturated rings. The second kappa shape index (κ2) is 20.6. The second-order valence-corrected chi connectivity index (χ2v) is 11.4. The van der Waals surface area contributed by atoms with E-state index in [-0.39, 0.29) is 30.7 Å². The van der Waals surface area contributed by atoms with E-state index in [0.717, 1.165) is 44.9 Å². The zero-order chi connectivity index (χ0) is 26.5. The lowest BCUT2D eigenvalue weighted by Gasteiger charge is -2.19. The van der Waals surface area contributed by atoms with Gasteiger partial charge in [-0.15, -0.1) is 0 Å². The molecule has 4 N–H and O–H groups in total. The van der Waals surface area contributed by atoms with Gasteiger partial charge in [-0.3, -0.25) is 14.4 Å². The molecule has 7 nitrogen and oxygen atoms in total.